The maximum Gasteiger partial charge on any atom is 0.168 e. The largest absolute Gasteiger partial charge is 0.467 e. The summed E-state index contributed by atoms with van der Waals surface area (Å²) >= 11 is 0. The van der Waals surface area contributed by atoms with E-state index in [1.54, 1.807) is 19.1 Å². The van der Waals surface area contributed by atoms with Crippen molar-refractivity contribution in [3.8, 4) is 0 Å². The zero-order valence-corrected chi connectivity index (χ0v) is 8.58. The predicted molar refractivity (Wildman–Crippen MR) is 54.9 cm³/mol. The fourth-order valence-electron chi connectivity index (χ4n) is 1.33. The second kappa shape index (κ2) is 4.30. The average Bonchev–Trinajstić information content (AvgIpc) is 2.75. The fraction of sp³-hybridized carbons (Fsp3) is 0.182. The van der Waals surface area contributed by atoms with E-state index >= 15 is 0 Å². The van der Waals surface area contributed by atoms with Crippen LogP contribution in [0.1, 0.15) is 18.7 Å². The van der Waals surface area contributed by atoms with Gasteiger partial charge in [0.1, 0.15) is 11.6 Å². The van der Waals surface area contributed by atoms with Crippen LogP contribution in [0.4, 0.5) is 14.6 Å². The summed E-state index contributed by atoms with van der Waals surface area (Å²) in [5, 5.41) is 2.79. The van der Waals surface area contributed by atoms with Gasteiger partial charge in [-0.05, 0) is 19.1 Å². The van der Waals surface area contributed by atoms with Crippen LogP contribution < -0.4 is 5.32 Å². The van der Waals surface area contributed by atoms with Gasteiger partial charge in [-0.3, -0.25) is 0 Å². The van der Waals surface area contributed by atoms with Gasteiger partial charge in [-0.1, -0.05) is 0 Å². The maximum absolute atomic E-state index is 13.3. The number of halogens is 2. The molecule has 2 rings (SSSR count). The van der Waals surface area contributed by atoms with Gasteiger partial charge in [0.15, 0.2) is 11.6 Å². The number of pyridine rings is 1. The van der Waals surface area contributed by atoms with Gasteiger partial charge in [0, 0.05) is 6.07 Å². The third-order valence-electron chi connectivity index (χ3n) is 2.13. The normalized spacial score (nSPS) is 12.4. The van der Waals surface area contributed by atoms with Crippen molar-refractivity contribution in [1.82, 2.24) is 4.98 Å². The monoisotopic (exact) mass is 224 g/mol. The first-order chi connectivity index (χ1) is 7.66. The molecule has 84 valence electrons. The SMILES string of the molecule is CC(Nc1ncc(F)cc1F)c1ccco1. The molecule has 0 bridgehead atoms. The molecule has 0 saturated heterocycles. The van der Waals surface area contributed by atoms with E-state index in [4.69, 9.17) is 4.42 Å². The lowest BCUT2D eigenvalue weighted by atomic mass is 10.2. The van der Waals surface area contributed by atoms with Crippen LogP contribution in [0.2, 0.25) is 0 Å². The van der Waals surface area contributed by atoms with Gasteiger partial charge in [-0.15, -0.1) is 0 Å². The number of nitrogens with zero attached hydrogens (tertiary/aromatic N) is 1. The topological polar surface area (TPSA) is 38.1 Å². The first kappa shape index (κ1) is 10.6. The molecule has 0 fully saturated rings. The van der Waals surface area contributed by atoms with Gasteiger partial charge < -0.3 is 9.73 Å². The highest BCUT2D eigenvalue weighted by atomic mass is 19.1. The van der Waals surface area contributed by atoms with E-state index in [1.165, 1.54) is 6.26 Å². The lowest BCUT2D eigenvalue weighted by Crippen LogP contribution is -2.08. The minimum atomic E-state index is -0.724. The molecule has 0 aliphatic heterocycles. The number of nitrogens with one attached hydrogen (secondary N) is 1. The second-order valence-electron chi connectivity index (χ2n) is 3.37. The van der Waals surface area contributed by atoms with Crippen LogP contribution in [0.5, 0.6) is 0 Å². The summed E-state index contributed by atoms with van der Waals surface area (Å²) in [4.78, 5) is 3.62. The van der Waals surface area contributed by atoms with Crippen LogP contribution >= 0.6 is 0 Å². The highest BCUT2D eigenvalue weighted by Crippen LogP contribution is 2.20. The molecule has 3 nitrogen and oxygen atoms in total. The summed E-state index contributed by atoms with van der Waals surface area (Å²) in [6.45, 7) is 1.79. The summed E-state index contributed by atoms with van der Waals surface area (Å²) in [5.41, 5.74) is 0. The molecule has 0 amide bonds. The van der Waals surface area contributed by atoms with Gasteiger partial charge in [0.05, 0.1) is 18.5 Å². The van der Waals surface area contributed by atoms with E-state index in [2.05, 4.69) is 10.3 Å². The molecule has 0 aliphatic carbocycles. The van der Waals surface area contributed by atoms with Gasteiger partial charge in [0.2, 0.25) is 0 Å². The number of furan rings is 1. The Hall–Kier alpha value is -1.91. The highest BCUT2D eigenvalue weighted by Gasteiger charge is 2.12. The smallest absolute Gasteiger partial charge is 0.168 e. The zero-order chi connectivity index (χ0) is 11.5. The van der Waals surface area contributed by atoms with E-state index in [-0.39, 0.29) is 11.9 Å². The van der Waals surface area contributed by atoms with Crippen LogP contribution in [0, 0.1) is 11.6 Å². The number of aromatic nitrogens is 1. The second-order valence-corrected chi connectivity index (χ2v) is 3.37. The molecule has 2 aromatic heterocycles. The van der Waals surface area contributed by atoms with E-state index in [9.17, 15) is 8.78 Å². The van der Waals surface area contributed by atoms with E-state index in [0.717, 1.165) is 12.3 Å². The Morgan fingerprint density at radius 2 is 2.25 bits per heavy atom. The number of hydrogen-bond acceptors (Lipinski definition) is 3. The summed E-state index contributed by atoms with van der Waals surface area (Å²) in [6, 6.07) is 4.05. The molecule has 0 aliphatic rings. The number of anilines is 1. The molecular formula is C11H10F2N2O. The van der Waals surface area contributed by atoms with Crippen LogP contribution in [0.15, 0.2) is 35.1 Å². The van der Waals surface area contributed by atoms with Crippen LogP contribution in [0.25, 0.3) is 0 Å². The fourth-order valence-corrected chi connectivity index (χ4v) is 1.33. The number of hydrogen-bond donors (Lipinski definition) is 1. The summed E-state index contributed by atoms with van der Waals surface area (Å²) in [7, 11) is 0. The van der Waals surface area contributed by atoms with E-state index in [1.807, 2.05) is 0 Å². The first-order valence-electron chi connectivity index (χ1n) is 4.78. The van der Waals surface area contributed by atoms with Crippen LogP contribution in [0.3, 0.4) is 0 Å². The third-order valence-corrected chi connectivity index (χ3v) is 2.13. The summed E-state index contributed by atoms with van der Waals surface area (Å²) in [5.74, 6) is -0.761. The van der Waals surface area contributed by atoms with Crippen molar-refractivity contribution in [3.05, 3.63) is 48.1 Å². The Balaban J connectivity index is 2.15. The Labute approximate surface area is 91.1 Å². The molecule has 5 heteroatoms. The number of rotatable bonds is 3. The van der Waals surface area contributed by atoms with Crippen molar-refractivity contribution in [2.75, 3.05) is 5.32 Å². The molecule has 0 aromatic carbocycles. The molecule has 0 spiro atoms. The van der Waals surface area contributed by atoms with Gasteiger partial charge >= 0.3 is 0 Å². The summed E-state index contributed by atoms with van der Waals surface area (Å²) < 4.78 is 31.0. The lowest BCUT2D eigenvalue weighted by molar-refractivity contribution is 0.488. The van der Waals surface area contributed by atoms with Crippen molar-refractivity contribution in [3.63, 3.8) is 0 Å². The van der Waals surface area contributed by atoms with Crippen molar-refractivity contribution < 1.29 is 13.2 Å². The van der Waals surface area contributed by atoms with Crippen LogP contribution in [-0.2, 0) is 0 Å². The third kappa shape index (κ3) is 2.18. The molecular weight excluding hydrogens is 214 g/mol. The molecule has 1 unspecified atom stereocenters. The predicted octanol–water partition coefficient (Wildman–Crippen LogP) is 3.13. The van der Waals surface area contributed by atoms with Crippen molar-refractivity contribution in [2.45, 2.75) is 13.0 Å². The minimum absolute atomic E-state index is 0.00491. The summed E-state index contributed by atoms with van der Waals surface area (Å²) in [6.07, 6.45) is 2.49. The van der Waals surface area contributed by atoms with Crippen molar-refractivity contribution in [2.24, 2.45) is 0 Å². The molecule has 0 radical (unpaired) electrons. The Bertz CT molecular complexity index is 471. The van der Waals surface area contributed by atoms with Gasteiger partial charge in [-0.25, -0.2) is 13.8 Å². The molecule has 1 N–H and O–H groups in total. The van der Waals surface area contributed by atoms with Crippen molar-refractivity contribution in [1.29, 1.82) is 0 Å². The Kier molecular flexibility index (Phi) is 2.85. The van der Waals surface area contributed by atoms with Gasteiger partial charge in [-0.2, -0.15) is 0 Å². The quantitative estimate of drug-likeness (QED) is 0.870. The van der Waals surface area contributed by atoms with Crippen LogP contribution in [-0.4, -0.2) is 4.98 Å². The Morgan fingerprint density at radius 1 is 1.44 bits per heavy atom. The van der Waals surface area contributed by atoms with Gasteiger partial charge in [0.25, 0.3) is 0 Å². The van der Waals surface area contributed by atoms with E-state index < -0.39 is 11.6 Å². The lowest BCUT2D eigenvalue weighted by Gasteiger charge is -2.12. The Morgan fingerprint density at radius 3 is 2.88 bits per heavy atom. The first-order valence-corrected chi connectivity index (χ1v) is 4.78. The molecule has 1 atom stereocenters. The zero-order valence-electron chi connectivity index (χ0n) is 8.58. The molecule has 16 heavy (non-hydrogen) atoms. The minimum Gasteiger partial charge on any atom is -0.467 e. The average molecular weight is 224 g/mol. The standard InChI is InChI=1S/C11H10F2N2O/c1-7(10-3-2-4-16-10)15-11-9(13)5-8(12)6-14-11/h2-7H,1H3,(H,14,15). The maximum atomic E-state index is 13.3. The van der Waals surface area contributed by atoms with E-state index in [0.29, 0.717) is 5.76 Å². The van der Waals surface area contributed by atoms with Crippen molar-refractivity contribution >= 4 is 5.82 Å². The molecule has 0 saturated carbocycles. The molecule has 2 aromatic rings. The highest BCUT2D eigenvalue weighted by molar-refractivity contribution is 5.37. The molecule has 2 heterocycles.